The second-order valence-electron chi connectivity index (χ2n) is 9.02. The first-order valence-electron chi connectivity index (χ1n) is 11.9. The predicted molar refractivity (Wildman–Crippen MR) is 137 cm³/mol. The highest BCUT2D eigenvalue weighted by Gasteiger charge is 2.33. The molecule has 11 heteroatoms. The van der Waals surface area contributed by atoms with Gasteiger partial charge in [-0.2, -0.15) is 5.26 Å². The van der Waals surface area contributed by atoms with Gasteiger partial charge in [0.15, 0.2) is 5.69 Å². The molecule has 1 aliphatic heterocycles. The first kappa shape index (κ1) is 25.0. The molecule has 4 aromatic rings. The van der Waals surface area contributed by atoms with Gasteiger partial charge in [-0.05, 0) is 47.5 Å². The zero-order chi connectivity index (χ0) is 27.0. The Labute approximate surface area is 215 Å². The van der Waals surface area contributed by atoms with Crippen LogP contribution in [0, 0.1) is 33.1 Å². The Morgan fingerprint density at radius 3 is 2.00 bits per heavy atom. The van der Waals surface area contributed by atoms with Crippen LogP contribution < -0.4 is 10.5 Å². The molecule has 0 saturated carbocycles. The molecule has 1 saturated heterocycles. The van der Waals surface area contributed by atoms with Crippen molar-refractivity contribution in [3.63, 3.8) is 0 Å². The van der Waals surface area contributed by atoms with E-state index >= 15 is 0 Å². The molecule has 3 heterocycles. The van der Waals surface area contributed by atoms with Crippen molar-refractivity contribution in [3.05, 3.63) is 110 Å². The molecule has 2 aromatic carbocycles. The Hall–Kier alpha value is -4.69. The van der Waals surface area contributed by atoms with Gasteiger partial charge in [0, 0.05) is 33.2 Å². The average Bonchev–Trinajstić information content (AvgIpc) is 2.92. The van der Waals surface area contributed by atoms with Crippen molar-refractivity contribution in [2.24, 2.45) is 7.05 Å². The topological polar surface area (TPSA) is 108 Å². The Kier molecular flexibility index (Phi) is 6.57. The smallest absolute Gasteiger partial charge is 0.359 e. The number of anilines is 1. The lowest BCUT2D eigenvalue weighted by molar-refractivity contribution is -0.385. The molecule has 0 spiro atoms. The van der Waals surface area contributed by atoms with E-state index in [2.05, 4.69) is 9.88 Å². The van der Waals surface area contributed by atoms with Gasteiger partial charge in [0.1, 0.15) is 28.9 Å². The largest absolute Gasteiger partial charge is 0.361 e. The molecule has 2 aromatic heterocycles. The number of aromatic nitrogens is 2. The van der Waals surface area contributed by atoms with Crippen LogP contribution in [0.5, 0.6) is 0 Å². The fourth-order valence-corrected chi connectivity index (χ4v) is 5.01. The highest BCUT2D eigenvalue weighted by Crippen LogP contribution is 2.35. The van der Waals surface area contributed by atoms with Gasteiger partial charge >= 0.3 is 11.2 Å². The molecule has 192 valence electrons. The van der Waals surface area contributed by atoms with Crippen LogP contribution in [0.25, 0.3) is 11.0 Å². The number of nitro groups is 1. The first-order chi connectivity index (χ1) is 18.3. The minimum atomic E-state index is -0.762. The highest BCUT2D eigenvalue weighted by molar-refractivity contribution is 5.94. The van der Waals surface area contributed by atoms with E-state index in [0.29, 0.717) is 31.7 Å². The summed E-state index contributed by atoms with van der Waals surface area (Å²) in [6.07, 6.45) is 0. The van der Waals surface area contributed by atoms with Crippen molar-refractivity contribution in [2.45, 2.75) is 6.04 Å². The maximum Gasteiger partial charge on any atom is 0.359 e. The third-order valence-corrected chi connectivity index (χ3v) is 6.86. The van der Waals surface area contributed by atoms with Gasteiger partial charge in [0.05, 0.1) is 16.5 Å². The number of hydrogen-bond acceptors (Lipinski definition) is 7. The maximum absolute atomic E-state index is 13.7. The van der Waals surface area contributed by atoms with Crippen LogP contribution in [0.3, 0.4) is 0 Å². The monoisotopic (exact) mass is 516 g/mol. The van der Waals surface area contributed by atoms with Crippen LogP contribution in [-0.4, -0.2) is 45.6 Å². The van der Waals surface area contributed by atoms with Crippen molar-refractivity contribution in [1.82, 2.24) is 14.5 Å². The van der Waals surface area contributed by atoms with E-state index in [4.69, 9.17) is 0 Å². The minimum absolute atomic E-state index is 0.0815. The summed E-state index contributed by atoms with van der Waals surface area (Å²) in [5, 5.41) is 21.4. The number of benzene rings is 2. The molecule has 0 atom stereocenters. The van der Waals surface area contributed by atoms with Crippen molar-refractivity contribution in [3.8, 4) is 6.07 Å². The average molecular weight is 517 g/mol. The fraction of sp³-hybridized carbons (Fsp3) is 0.222. The molecular formula is C27H22F2N6O3. The quantitative estimate of drug-likeness (QED) is 0.292. The van der Waals surface area contributed by atoms with E-state index in [-0.39, 0.29) is 34.6 Å². The second-order valence-corrected chi connectivity index (χ2v) is 9.02. The minimum Gasteiger partial charge on any atom is -0.361 e. The van der Waals surface area contributed by atoms with Crippen LogP contribution in [0.1, 0.15) is 22.9 Å². The SMILES string of the molecule is Cn1c(=O)c([N+](=O)[O-])c(N2CCN(C(c3ccc(F)cc3)c3ccc(F)cc3)CC2)c2nc(C#N)ccc21. The van der Waals surface area contributed by atoms with Crippen LogP contribution >= 0.6 is 0 Å². The fourth-order valence-electron chi connectivity index (χ4n) is 5.01. The number of nitriles is 1. The normalized spacial score (nSPS) is 14.1. The summed E-state index contributed by atoms with van der Waals surface area (Å²) in [4.78, 5) is 32.5. The summed E-state index contributed by atoms with van der Waals surface area (Å²) in [5.41, 5.74) is 1.04. The summed E-state index contributed by atoms with van der Waals surface area (Å²) in [5.74, 6) is -0.740. The molecule has 0 N–H and O–H groups in total. The molecule has 5 rings (SSSR count). The number of aryl methyl sites for hydroxylation is 1. The van der Waals surface area contributed by atoms with Gasteiger partial charge < -0.3 is 9.47 Å². The molecule has 9 nitrogen and oxygen atoms in total. The predicted octanol–water partition coefficient (Wildman–Crippen LogP) is 3.90. The number of rotatable bonds is 5. The van der Waals surface area contributed by atoms with Crippen molar-refractivity contribution in [2.75, 3.05) is 31.1 Å². The second kappa shape index (κ2) is 9.99. The standard InChI is InChI=1S/C27H22F2N6O3/c1-32-22-11-10-21(16-30)31-23(22)25(26(27(32)36)35(37)38)34-14-12-33(13-15-34)24(17-2-6-19(28)7-3-17)18-4-8-20(29)9-5-18/h2-11,24H,12-15H2,1H3. The van der Waals surface area contributed by atoms with Crippen molar-refractivity contribution < 1.29 is 13.7 Å². The molecule has 38 heavy (non-hydrogen) atoms. The molecule has 0 unspecified atom stereocenters. The number of hydrogen-bond donors (Lipinski definition) is 0. The van der Waals surface area contributed by atoms with Gasteiger partial charge in [0.25, 0.3) is 0 Å². The Balaban J connectivity index is 1.54. The zero-order valence-electron chi connectivity index (χ0n) is 20.3. The third-order valence-electron chi connectivity index (χ3n) is 6.86. The molecule has 0 amide bonds. The summed E-state index contributed by atoms with van der Waals surface area (Å²) < 4.78 is 28.5. The summed E-state index contributed by atoms with van der Waals surface area (Å²) in [6, 6.07) is 16.9. The molecule has 0 bridgehead atoms. The lowest BCUT2D eigenvalue weighted by Gasteiger charge is -2.40. The third kappa shape index (κ3) is 4.46. The van der Waals surface area contributed by atoms with Gasteiger partial charge in [-0.1, -0.05) is 24.3 Å². The number of piperazine rings is 1. The first-order valence-corrected chi connectivity index (χ1v) is 11.9. The number of fused-ring (bicyclic) bond motifs is 1. The van der Waals surface area contributed by atoms with E-state index in [0.717, 1.165) is 11.1 Å². The van der Waals surface area contributed by atoms with Gasteiger partial charge in [-0.3, -0.25) is 19.8 Å². The Morgan fingerprint density at radius 2 is 1.50 bits per heavy atom. The summed E-state index contributed by atoms with van der Waals surface area (Å²) in [6.45, 7) is 1.51. The van der Waals surface area contributed by atoms with E-state index in [1.54, 1.807) is 35.2 Å². The van der Waals surface area contributed by atoms with Crippen molar-refractivity contribution in [1.29, 1.82) is 5.26 Å². The lowest BCUT2D eigenvalue weighted by Crippen LogP contribution is -2.48. The van der Waals surface area contributed by atoms with Gasteiger partial charge in [0.2, 0.25) is 0 Å². The van der Waals surface area contributed by atoms with E-state index < -0.39 is 16.2 Å². The summed E-state index contributed by atoms with van der Waals surface area (Å²) >= 11 is 0. The van der Waals surface area contributed by atoms with Crippen LogP contribution in [0.15, 0.2) is 65.5 Å². The van der Waals surface area contributed by atoms with Crippen molar-refractivity contribution >= 4 is 22.4 Å². The maximum atomic E-state index is 13.7. The molecule has 0 radical (unpaired) electrons. The van der Waals surface area contributed by atoms with Crippen LogP contribution in [-0.2, 0) is 7.05 Å². The number of pyridine rings is 2. The van der Waals surface area contributed by atoms with Gasteiger partial charge in [-0.25, -0.2) is 13.8 Å². The highest BCUT2D eigenvalue weighted by atomic mass is 19.1. The van der Waals surface area contributed by atoms with Crippen LogP contribution in [0.2, 0.25) is 0 Å². The molecule has 0 aliphatic carbocycles. The Bertz CT molecular complexity index is 1580. The zero-order valence-corrected chi connectivity index (χ0v) is 20.3. The Morgan fingerprint density at radius 1 is 0.947 bits per heavy atom. The molecule has 1 fully saturated rings. The van der Waals surface area contributed by atoms with Crippen LogP contribution in [0.4, 0.5) is 20.2 Å². The van der Waals surface area contributed by atoms with E-state index in [1.807, 2.05) is 6.07 Å². The summed E-state index contributed by atoms with van der Waals surface area (Å²) in [7, 11) is 1.43. The van der Waals surface area contributed by atoms with E-state index in [1.165, 1.54) is 41.9 Å². The van der Waals surface area contributed by atoms with E-state index in [9.17, 15) is 29.0 Å². The number of nitrogens with zero attached hydrogens (tertiary/aromatic N) is 6. The molecule has 1 aliphatic rings. The number of halogens is 2. The van der Waals surface area contributed by atoms with Gasteiger partial charge in [-0.15, -0.1) is 0 Å². The molecular weight excluding hydrogens is 494 g/mol. The lowest BCUT2D eigenvalue weighted by atomic mass is 9.96.